The number of rotatable bonds is 5. The zero-order chi connectivity index (χ0) is 18.7. The average molecular weight is 481 g/mol. The molecule has 0 aliphatic heterocycles. The summed E-state index contributed by atoms with van der Waals surface area (Å²) in [5.41, 5.74) is 1.91. The molecule has 0 aliphatic rings. The number of halogens is 2. The van der Waals surface area contributed by atoms with Gasteiger partial charge in [-0.25, -0.2) is 0 Å². The second kappa shape index (κ2) is 8.07. The van der Waals surface area contributed by atoms with Gasteiger partial charge in [0.1, 0.15) is 23.9 Å². The molecule has 0 bridgehead atoms. The Labute approximate surface area is 167 Å². The molecule has 3 rings (SSSR count). The predicted octanol–water partition coefficient (Wildman–Crippen LogP) is 5.22. The fraction of sp³-hybridized carbons (Fsp3) is 0.105. The maximum Gasteiger partial charge on any atom is 0.259 e. The van der Waals surface area contributed by atoms with Crippen LogP contribution in [0.15, 0.2) is 61.9 Å². The number of aliphatic hydroxyl groups excluding tert-OH is 1. The van der Waals surface area contributed by atoms with Crippen LogP contribution in [0.4, 0.5) is 5.69 Å². The first-order valence-electron chi connectivity index (χ1n) is 7.66. The van der Waals surface area contributed by atoms with Crippen molar-refractivity contribution in [3.8, 4) is 17.1 Å². The smallest absolute Gasteiger partial charge is 0.259 e. The molecule has 134 valence electrons. The normalized spacial score (nSPS) is 10.6. The van der Waals surface area contributed by atoms with Crippen molar-refractivity contribution in [2.24, 2.45) is 0 Å². The van der Waals surface area contributed by atoms with Gasteiger partial charge in [-0.1, -0.05) is 15.9 Å². The van der Waals surface area contributed by atoms with Crippen LogP contribution in [-0.2, 0) is 6.61 Å². The third-order valence-corrected chi connectivity index (χ3v) is 4.75. The summed E-state index contributed by atoms with van der Waals surface area (Å²) < 4.78 is 12.3. The Kier molecular flexibility index (Phi) is 5.80. The van der Waals surface area contributed by atoms with Gasteiger partial charge in [-0.05, 0) is 64.5 Å². The van der Waals surface area contributed by atoms with Gasteiger partial charge in [0, 0.05) is 15.7 Å². The minimum Gasteiger partial charge on any atom is -0.495 e. The lowest BCUT2D eigenvalue weighted by atomic mass is 10.1. The Morgan fingerprint density at radius 1 is 1.15 bits per heavy atom. The predicted molar refractivity (Wildman–Crippen MR) is 106 cm³/mol. The van der Waals surface area contributed by atoms with Crippen LogP contribution in [0, 0.1) is 0 Å². The summed E-state index contributed by atoms with van der Waals surface area (Å²) in [4.78, 5) is 12.6. The number of methoxy groups -OCH3 is 1. The van der Waals surface area contributed by atoms with Gasteiger partial charge in [-0.2, -0.15) is 0 Å². The number of anilines is 1. The van der Waals surface area contributed by atoms with E-state index in [1.54, 1.807) is 30.3 Å². The van der Waals surface area contributed by atoms with E-state index < -0.39 is 0 Å². The molecule has 0 unspecified atom stereocenters. The van der Waals surface area contributed by atoms with Crippen LogP contribution in [0.1, 0.15) is 16.1 Å². The first kappa shape index (κ1) is 18.7. The lowest BCUT2D eigenvalue weighted by Gasteiger charge is -2.12. The third-order valence-electron chi connectivity index (χ3n) is 3.70. The molecule has 1 heterocycles. The highest BCUT2D eigenvalue weighted by molar-refractivity contribution is 9.11. The highest BCUT2D eigenvalue weighted by atomic mass is 79.9. The van der Waals surface area contributed by atoms with Crippen LogP contribution in [0.25, 0.3) is 11.3 Å². The number of furan rings is 1. The third kappa shape index (κ3) is 4.00. The van der Waals surface area contributed by atoms with E-state index in [4.69, 9.17) is 14.3 Å². The first-order valence-corrected chi connectivity index (χ1v) is 9.25. The van der Waals surface area contributed by atoms with E-state index in [-0.39, 0.29) is 12.5 Å². The molecule has 0 aliphatic carbocycles. The molecule has 26 heavy (non-hydrogen) atoms. The maximum absolute atomic E-state index is 12.6. The van der Waals surface area contributed by atoms with Gasteiger partial charge in [0.2, 0.25) is 0 Å². The van der Waals surface area contributed by atoms with Gasteiger partial charge in [0.15, 0.2) is 0 Å². The highest BCUT2D eigenvalue weighted by Gasteiger charge is 2.16. The fourth-order valence-corrected chi connectivity index (χ4v) is 3.86. The summed E-state index contributed by atoms with van der Waals surface area (Å²) in [6.07, 6.45) is 0. The number of ether oxygens (including phenoxy) is 1. The number of carbonyl (C=O) groups excluding carboxylic acids is 1. The highest BCUT2D eigenvalue weighted by Crippen LogP contribution is 2.33. The molecule has 0 saturated carbocycles. The van der Waals surface area contributed by atoms with Gasteiger partial charge < -0.3 is 19.6 Å². The van der Waals surface area contributed by atoms with E-state index in [0.29, 0.717) is 33.0 Å². The molecule has 5 nitrogen and oxygen atoms in total. The van der Waals surface area contributed by atoms with Crippen molar-refractivity contribution in [2.75, 3.05) is 12.4 Å². The van der Waals surface area contributed by atoms with Crippen molar-refractivity contribution in [1.82, 2.24) is 0 Å². The lowest BCUT2D eigenvalue weighted by Crippen LogP contribution is -2.13. The van der Waals surface area contributed by atoms with Gasteiger partial charge >= 0.3 is 0 Å². The Hall–Kier alpha value is -2.09. The van der Waals surface area contributed by atoms with Crippen molar-refractivity contribution in [1.29, 1.82) is 0 Å². The monoisotopic (exact) mass is 479 g/mol. The summed E-state index contributed by atoms with van der Waals surface area (Å²) >= 11 is 6.77. The molecule has 0 fully saturated rings. The molecule has 0 spiro atoms. The van der Waals surface area contributed by atoms with E-state index >= 15 is 0 Å². The van der Waals surface area contributed by atoms with Gasteiger partial charge in [0.05, 0.1) is 17.1 Å². The fourth-order valence-electron chi connectivity index (χ4n) is 2.47. The zero-order valence-corrected chi connectivity index (χ0v) is 16.9. The van der Waals surface area contributed by atoms with Crippen molar-refractivity contribution < 1.29 is 19.1 Å². The molecule has 1 aromatic heterocycles. The minimum atomic E-state index is -0.280. The number of aliphatic hydroxyl groups is 1. The first-order chi connectivity index (χ1) is 12.5. The van der Waals surface area contributed by atoms with Crippen molar-refractivity contribution in [3.63, 3.8) is 0 Å². The quantitative estimate of drug-likeness (QED) is 0.524. The van der Waals surface area contributed by atoms with E-state index in [1.165, 1.54) is 7.11 Å². The molecule has 7 heteroatoms. The van der Waals surface area contributed by atoms with Gasteiger partial charge in [-0.15, -0.1) is 0 Å². The van der Waals surface area contributed by atoms with Gasteiger partial charge in [-0.3, -0.25) is 4.79 Å². The topological polar surface area (TPSA) is 71.7 Å². The number of nitrogens with one attached hydrogen (secondary N) is 1. The van der Waals surface area contributed by atoms with Crippen molar-refractivity contribution >= 4 is 43.5 Å². The molecule has 1 amide bonds. The van der Waals surface area contributed by atoms with Crippen molar-refractivity contribution in [2.45, 2.75) is 6.61 Å². The Balaban J connectivity index is 1.80. The zero-order valence-electron chi connectivity index (χ0n) is 13.8. The summed E-state index contributed by atoms with van der Waals surface area (Å²) in [5, 5.41) is 11.9. The number of hydrogen-bond acceptors (Lipinski definition) is 4. The number of carbonyl (C=O) groups is 1. The molecule has 0 atom stereocenters. The number of amides is 1. The SMILES string of the molecule is COc1c(Br)cc(Br)cc1C(=O)Nc1ccc(-c2ccc(CO)o2)cc1. The molecular weight excluding hydrogens is 466 g/mol. The number of hydrogen-bond donors (Lipinski definition) is 2. The summed E-state index contributed by atoms with van der Waals surface area (Å²) in [6.45, 7) is -0.141. The van der Waals surface area contributed by atoms with Crippen LogP contribution in [-0.4, -0.2) is 18.1 Å². The van der Waals surface area contributed by atoms with Crippen LogP contribution in [0.2, 0.25) is 0 Å². The van der Waals surface area contributed by atoms with Gasteiger partial charge in [0.25, 0.3) is 5.91 Å². The molecular formula is C19H15Br2NO4. The average Bonchev–Trinajstić information content (AvgIpc) is 3.11. The molecule has 2 N–H and O–H groups in total. The largest absolute Gasteiger partial charge is 0.495 e. The molecule has 2 aromatic carbocycles. The lowest BCUT2D eigenvalue weighted by molar-refractivity contribution is 0.102. The summed E-state index contributed by atoms with van der Waals surface area (Å²) in [5.74, 6) is 1.35. The van der Waals surface area contributed by atoms with E-state index in [0.717, 1.165) is 10.0 Å². The van der Waals surface area contributed by atoms with Crippen LogP contribution in [0.3, 0.4) is 0 Å². The Bertz CT molecular complexity index is 935. The summed E-state index contributed by atoms with van der Waals surface area (Å²) in [6, 6.07) is 14.3. The second-order valence-corrected chi connectivity index (χ2v) is 7.19. The minimum absolute atomic E-state index is 0.141. The van der Waals surface area contributed by atoms with Crippen molar-refractivity contribution in [3.05, 3.63) is 68.8 Å². The van der Waals surface area contributed by atoms with E-state index in [2.05, 4.69) is 37.2 Å². The van der Waals surface area contributed by atoms with Crippen LogP contribution >= 0.6 is 31.9 Å². The second-order valence-electron chi connectivity index (χ2n) is 5.42. The Morgan fingerprint density at radius 2 is 1.88 bits per heavy atom. The molecule has 0 saturated heterocycles. The van der Waals surface area contributed by atoms with Crippen LogP contribution < -0.4 is 10.1 Å². The van der Waals surface area contributed by atoms with E-state index in [9.17, 15) is 4.79 Å². The molecule has 0 radical (unpaired) electrons. The Morgan fingerprint density at radius 3 is 2.50 bits per heavy atom. The standard InChI is InChI=1S/C19H15Br2NO4/c1-25-18-15(8-12(20)9-16(18)21)19(24)22-13-4-2-11(3-5-13)17-7-6-14(10-23)26-17/h2-9,23H,10H2,1H3,(H,22,24). The number of benzene rings is 2. The molecule has 3 aromatic rings. The van der Waals surface area contributed by atoms with E-state index in [1.807, 2.05) is 18.2 Å². The summed E-state index contributed by atoms with van der Waals surface area (Å²) in [7, 11) is 1.52. The van der Waals surface area contributed by atoms with Crippen LogP contribution in [0.5, 0.6) is 5.75 Å². The maximum atomic E-state index is 12.6.